The van der Waals surface area contributed by atoms with E-state index in [1.165, 1.54) is 6.92 Å². The molecular formula is C5H10O5P+. The summed E-state index contributed by atoms with van der Waals surface area (Å²) in [5.74, 6) is -1.16. The van der Waals surface area contributed by atoms with Crippen LogP contribution in [0.4, 0.5) is 0 Å². The lowest BCUT2D eigenvalue weighted by atomic mass is 10.4. The number of carbonyl (C=O) groups is 1. The van der Waals surface area contributed by atoms with Crippen molar-refractivity contribution < 1.29 is 23.5 Å². The minimum atomic E-state index is -2.28. The van der Waals surface area contributed by atoms with E-state index in [1.54, 1.807) is 6.92 Å². The zero-order valence-corrected chi connectivity index (χ0v) is 7.21. The molecular weight excluding hydrogens is 171 g/mol. The summed E-state index contributed by atoms with van der Waals surface area (Å²) in [6.07, 6.45) is -1.09. The van der Waals surface area contributed by atoms with Crippen molar-refractivity contribution in [2.24, 2.45) is 0 Å². The van der Waals surface area contributed by atoms with E-state index >= 15 is 0 Å². The van der Waals surface area contributed by atoms with Crippen LogP contribution < -0.4 is 0 Å². The lowest BCUT2D eigenvalue weighted by molar-refractivity contribution is -0.144. The maximum Gasteiger partial charge on any atom is 0.698 e. The maximum absolute atomic E-state index is 10.6. The first-order chi connectivity index (χ1) is 5.07. The van der Waals surface area contributed by atoms with Crippen molar-refractivity contribution in [2.75, 3.05) is 6.61 Å². The molecule has 2 unspecified atom stereocenters. The van der Waals surface area contributed by atoms with Gasteiger partial charge in [-0.15, -0.1) is 9.05 Å². The van der Waals surface area contributed by atoms with Gasteiger partial charge in [0.15, 0.2) is 0 Å². The molecule has 0 heterocycles. The summed E-state index contributed by atoms with van der Waals surface area (Å²) in [4.78, 5) is 10.1. The topological polar surface area (TPSA) is 72.8 Å². The van der Waals surface area contributed by atoms with E-state index in [-0.39, 0.29) is 6.61 Å². The molecule has 0 aliphatic heterocycles. The minimum absolute atomic E-state index is 0.238. The second-order valence-electron chi connectivity index (χ2n) is 1.73. The van der Waals surface area contributed by atoms with Gasteiger partial charge in [-0.3, -0.25) is 0 Å². The predicted octanol–water partition coefficient (Wildman–Crippen LogP) is 1.17. The standard InChI is InChI=1S/C5H9O5P/c1-3-9-11(8)10-4(2)5(6)7/h4H,3H2,1-2H3/p+1. The molecule has 0 saturated carbocycles. The number of carboxylic acids is 1. The summed E-state index contributed by atoms with van der Waals surface area (Å²) >= 11 is 0. The second kappa shape index (κ2) is 5.18. The molecule has 6 heteroatoms. The van der Waals surface area contributed by atoms with Crippen molar-refractivity contribution in [1.82, 2.24) is 0 Å². The average molecular weight is 181 g/mol. The summed E-state index contributed by atoms with van der Waals surface area (Å²) in [7, 11) is -2.28. The number of rotatable bonds is 5. The summed E-state index contributed by atoms with van der Waals surface area (Å²) < 4.78 is 19.5. The summed E-state index contributed by atoms with van der Waals surface area (Å²) in [6.45, 7) is 3.16. The summed E-state index contributed by atoms with van der Waals surface area (Å²) in [5.41, 5.74) is 0. The Morgan fingerprint density at radius 3 is 2.64 bits per heavy atom. The lowest BCUT2D eigenvalue weighted by Gasteiger charge is -1.94. The number of aliphatic carboxylic acids is 1. The zero-order chi connectivity index (χ0) is 8.85. The SMILES string of the molecule is CCO[P+](=O)OC(C)C(=O)O. The third-order valence-electron chi connectivity index (χ3n) is 0.826. The Balaban J connectivity index is 3.66. The average Bonchev–Trinajstić information content (AvgIpc) is 1.87. The van der Waals surface area contributed by atoms with Crippen molar-refractivity contribution in [3.63, 3.8) is 0 Å². The highest BCUT2D eigenvalue weighted by atomic mass is 31.1. The van der Waals surface area contributed by atoms with Crippen LogP contribution in [0, 0.1) is 0 Å². The Bertz CT molecular complexity index is 157. The van der Waals surface area contributed by atoms with Crippen LogP contribution in [0.15, 0.2) is 0 Å². The van der Waals surface area contributed by atoms with Crippen LogP contribution in [0.3, 0.4) is 0 Å². The van der Waals surface area contributed by atoms with Crippen molar-refractivity contribution in [3.8, 4) is 0 Å². The largest absolute Gasteiger partial charge is 0.698 e. The number of carboxylic acid groups (broad SMARTS) is 1. The van der Waals surface area contributed by atoms with Crippen LogP contribution in [0.25, 0.3) is 0 Å². The van der Waals surface area contributed by atoms with E-state index in [0.717, 1.165) is 0 Å². The summed E-state index contributed by atoms with van der Waals surface area (Å²) in [6, 6.07) is 0. The smallest absolute Gasteiger partial charge is 0.479 e. The van der Waals surface area contributed by atoms with E-state index in [0.29, 0.717) is 0 Å². The van der Waals surface area contributed by atoms with Gasteiger partial charge >= 0.3 is 14.2 Å². The van der Waals surface area contributed by atoms with Gasteiger partial charge in [0.1, 0.15) is 6.61 Å². The van der Waals surface area contributed by atoms with E-state index in [1.807, 2.05) is 0 Å². The van der Waals surface area contributed by atoms with Crippen LogP contribution in [0.2, 0.25) is 0 Å². The molecule has 0 spiro atoms. The molecule has 0 rings (SSSR count). The molecule has 0 aliphatic carbocycles. The number of hydrogen-bond donors (Lipinski definition) is 1. The lowest BCUT2D eigenvalue weighted by Crippen LogP contribution is -2.16. The van der Waals surface area contributed by atoms with E-state index in [4.69, 9.17) is 5.11 Å². The Morgan fingerprint density at radius 1 is 1.73 bits per heavy atom. The number of hydrogen-bond acceptors (Lipinski definition) is 4. The fourth-order valence-electron chi connectivity index (χ4n) is 0.310. The molecule has 0 aliphatic rings. The van der Waals surface area contributed by atoms with Crippen LogP contribution in [-0.4, -0.2) is 23.8 Å². The van der Waals surface area contributed by atoms with Gasteiger partial charge < -0.3 is 5.11 Å². The normalized spacial score (nSPS) is 14.2. The molecule has 0 aromatic rings. The Morgan fingerprint density at radius 2 is 2.27 bits per heavy atom. The van der Waals surface area contributed by atoms with Crippen LogP contribution >= 0.6 is 8.25 Å². The first-order valence-electron chi connectivity index (χ1n) is 3.07. The van der Waals surface area contributed by atoms with Gasteiger partial charge in [0.25, 0.3) is 0 Å². The van der Waals surface area contributed by atoms with E-state index in [9.17, 15) is 9.36 Å². The highest BCUT2D eigenvalue weighted by molar-refractivity contribution is 7.33. The molecule has 0 radical (unpaired) electrons. The third kappa shape index (κ3) is 4.84. The maximum atomic E-state index is 10.6. The van der Waals surface area contributed by atoms with Gasteiger partial charge in [-0.25, -0.2) is 4.79 Å². The van der Waals surface area contributed by atoms with Crippen LogP contribution in [0.5, 0.6) is 0 Å². The van der Waals surface area contributed by atoms with Crippen molar-refractivity contribution in [1.29, 1.82) is 0 Å². The first kappa shape index (κ1) is 10.5. The molecule has 11 heavy (non-hydrogen) atoms. The minimum Gasteiger partial charge on any atom is -0.479 e. The van der Waals surface area contributed by atoms with Crippen LogP contribution in [-0.2, 0) is 18.4 Å². The van der Waals surface area contributed by atoms with Crippen LogP contribution in [0.1, 0.15) is 13.8 Å². The van der Waals surface area contributed by atoms with E-state index in [2.05, 4.69) is 9.05 Å². The molecule has 5 nitrogen and oxygen atoms in total. The van der Waals surface area contributed by atoms with Gasteiger partial charge in [0.05, 0.1) is 0 Å². The zero-order valence-electron chi connectivity index (χ0n) is 6.31. The van der Waals surface area contributed by atoms with Gasteiger partial charge in [0, 0.05) is 4.57 Å². The van der Waals surface area contributed by atoms with Crippen molar-refractivity contribution >= 4 is 14.2 Å². The third-order valence-corrected chi connectivity index (χ3v) is 1.78. The van der Waals surface area contributed by atoms with Gasteiger partial charge in [0.2, 0.25) is 6.10 Å². The molecule has 2 atom stereocenters. The quantitative estimate of drug-likeness (QED) is 0.644. The second-order valence-corrected chi connectivity index (χ2v) is 2.64. The molecule has 0 amide bonds. The Kier molecular flexibility index (Phi) is 4.94. The molecule has 1 N–H and O–H groups in total. The molecule has 0 aromatic carbocycles. The highest BCUT2D eigenvalue weighted by Gasteiger charge is 2.27. The van der Waals surface area contributed by atoms with Crippen molar-refractivity contribution in [3.05, 3.63) is 0 Å². The Labute approximate surface area is 65.3 Å². The van der Waals surface area contributed by atoms with Crippen molar-refractivity contribution in [2.45, 2.75) is 20.0 Å². The van der Waals surface area contributed by atoms with Gasteiger partial charge in [-0.2, -0.15) is 0 Å². The first-order valence-corrected chi connectivity index (χ1v) is 4.17. The fourth-order valence-corrected chi connectivity index (χ4v) is 0.930. The van der Waals surface area contributed by atoms with Gasteiger partial charge in [-0.1, -0.05) is 0 Å². The molecule has 0 aromatic heterocycles. The molecule has 0 fully saturated rings. The molecule has 64 valence electrons. The Hall–Kier alpha value is -0.510. The highest BCUT2D eigenvalue weighted by Crippen LogP contribution is 2.25. The summed E-state index contributed by atoms with van der Waals surface area (Å²) in [5, 5.41) is 8.29. The molecule has 0 bridgehead atoms. The van der Waals surface area contributed by atoms with E-state index < -0.39 is 20.3 Å². The fraction of sp³-hybridized carbons (Fsp3) is 0.800. The van der Waals surface area contributed by atoms with Gasteiger partial charge in [-0.05, 0) is 13.8 Å². The molecule has 0 saturated heterocycles. The monoisotopic (exact) mass is 181 g/mol. The predicted molar refractivity (Wildman–Crippen MR) is 37.4 cm³/mol.